The Labute approximate surface area is 145 Å². The van der Waals surface area contributed by atoms with E-state index in [4.69, 9.17) is 11.6 Å². The number of urea groups is 1. The van der Waals surface area contributed by atoms with Crippen LogP contribution in [-0.4, -0.2) is 16.9 Å². The Morgan fingerprint density at radius 3 is 2.71 bits per heavy atom. The molecule has 126 valence electrons. The summed E-state index contributed by atoms with van der Waals surface area (Å²) in [7, 11) is 0. The molecule has 1 aromatic carbocycles. The van der Waals surface area contributed by atoms with Gasteiger partial charge in [-0.1, -0.05) is 24.6 Å². The van der Waals surface area contributed by atoms with E-state index >= 15 is 0 Å². The summed E-state index contributed by atoms with van der Waals surface area (Å²) in [6.07, 6.45) is 2.87. The molecule has 0 aliphatic heterocycles. The summed E-state index contributed by atoms with van der Waals surface area (Å²) in [6, 6.07) is 10.0. The van der Waals surface area contributed by atoms with E-state index in [1.807, 2.05) is 25.1 Å². The number of pyridine rings is 1. The van der Waals surface area contributed by atoms with Gasteiger partial charge in [-0.15, -0.1) is 0 Å². The van der Waals surface area contributed by atoms with Crippen molar-refractivity contribution in [1.29, 1.82) is 0 Å². The topological polar surface area (TPSA) is 83.1 Å². The van der Waals surface area contributed by atoms with Crippen LogP contribution in [0.3, 0.4) is 0 Å². The summed E-state index contributed by atoms with van der Waals surface area (Å²) in [4.78, 5) is 27.7. The summed E-state index contributed by atoms with van der Waals surface area (Å²) < 4.78 is 0. The molecule has 0 atom stereocenters. The highest BCUT2D eigenvalue weighted by Gasteiger charge is 2.08. The SMILES string of the molecule is CCCC(=O)Nc1ccc(Cl)c(NC(=O)NCc2ccccn2)c1. The van der Waals surface area contributed by atoms with Gasteiger partial charge in [-0.3, -0.25) is 9.78 Å². The minimum Gasteiger partial charge on any atom is -0.332 e. The van der Waals surface area contributed by atoms with Gasteiger partial charge in [0.1, 0.15) is 0 Å². The fraction of sp³-hybridized carbons (Fsp3) is 0.235. The van der Waals surface area contributed by atoms with Crippen molar-refractivity contribution in [1.82, 2.24) is 10.3 Å². The van der Waals surface area contributed by atoms with Crippen LogP contribution in [0.5, 0.6) is 0 Å². The first-order chi connectivity index (χ1) is 11.6. The van der Waals surface area contributed by atoms with Crippen molar-refractivity contribution < 1.29 is 9.59 Å². The quantitative estimate of drug-likeness (QED) is 0.744. The second kappa shape index (κ2) is 8.88. The number of halogens is 1. The standard InChI is InChI=1S/C17H19ClN4O2/c1-2-5-16(23)21-12-7-8-14(18)15(10-12)22-17(24)20-11-13-6-3-4-9-19-13/h3-4,6-10H,2,5,11H2,1H3,(H,21,23)(H2,20,22,24). The summed E-state index contributed by atoms with van der Waals surface area (Å²) in [5.74, 6) is -0.0784. The van der Waals surface area contributed by atoms with Crippen molar-refractivity contribution in [2.45, 2.75) is 26.3 Å². The minimum atomic E-state index is -0.403. The van der Waals surface area contributed by atoms with Crippen LogP contribution in [0.1, 0.15) is 25.5 Å². The summed E-state index contributed by atoms with van der Waals surface area (Å²) >= 11 is 6.09. The third-order valence-electron chi connectivity index (χ3n) is 3.13. The van der Waals surface area contributed by atoms with E-state index in [9.17, 15) is 9.59 Å². The molecule has 3 N–H and O–H groups in total. The normalized spacial score (nSPS) is 10.1. The number of carbonyl (C=O) groups is 2. The van der Waals surface area contributed by atoms with E-state index in [2.05, 4.69) is 20.9 Å². The lowest BCUT2D eigenvalue weighted by Gasteiger charge is -2.11. The molecule has 6 nitrogen and oxygen atoms in total. The summed E-state index contributed by atoms with van der Waals surface area (Å²) in [6.45, 7) is 2.23. The van der Waals surface area contributed by atoms with E-state index < -0.39 is 6.03 Å². The number of hydrogen-bond acceptors (Lipinski definition) is 3. The molecule has 1 heterocycles. The zero-order chi connectivity index (χ0) is 17.4. The second-order valence-electron chi connectivity index (χ2n) is 5.12. The lowest BCUT2D eigenvalue weighted by atomic mass is 10.2. The summed E-state index contributed by atoms with van der Waals surface area (Å²) in [5.41, 5.74) is 1.75. The first-order valence-electron chi connectivity index (χ1n) is 7.62. The maximum Gasteiger partial charge on any atom is 0.319 e. The van der Waals surface area contributed by atoms with Crippen molar-refractivity contribution >= 4 is 34.9 Å². The van der Waals surface area contributed by atoms with Gasteiger partial charge in [0.05, 0.1) is 22.9 Å². The highest BCUT2D eigenvalue weighted by Crippen LogP contribution is 2.25. The maximum atomic E-state index is 12.0. The fourth-order valence-electron chi connectivity index (χ4n) is 1.99. The smallest absolute Gasteiger partial charge is 0.319 e. The number of nitrogens with one attached hydrogen (secondary N) is 3. The molecular formula is C17H19ClN4O2. The van der Waals surface area contributed by atoms with E-state index in [1.54, 1.807) is 24.4 Å². The number of hydrogen-bond donors (Lipinski definition) is 3. The largest absolute Gasteiger partial charge is 0.332 e. The van der Waals surface area contributed by atoms with Crippen molar-refractivity contribution in [3.63, 3.8) is 0 Å². The van der Waals surface area contributed by atoms with Gasteiger partial charge >= 0.3 is 6.03 Å². The van der Waals surface area contributed by atoms with Gasteiger partial charge in [-0.05, 0) is 36.8 Å². The average Bonchev–Trinajstić information content (AvgIpc) is 2.57. The number of aromatic nitrogens is 1. The molecule has 7 heteroatoms. The molecule has 0 unspecified atom stereocenters. The average molecular weight is 347 g/mol. The monoisotopic (exact) mass is 346 g/mol. The number of rotatable bonds is 6. The Balaban J connectivity index is 1.95. The molecule has 0 spiro atoms. The van der Waals surface area contributed by atoms with Crippen LogP contribution < -0.4 is 16.0 Å². The predicted octanol–water partition coefficient (Wildman–Crippen LogP) is 3.80. The van der Waals surface area contributed by atoms with E-state index in [-0.39, 0.29) is 5.91 Å². The van der Waals surface area contributed by atoms with E-state index in [0.717, 1.165) is 12.1 Å². The van der Waals surface area contributed by atoms with Gasteiger partial charge < -0.3 is 16.0 Å². The first kappa shape index (κ1) is 17.7. The zero-order valence-electron chi connectivity index (χ0n) is 13.3. The van der Waals surface area contributed by atoms with Gasteiger partial charge in [0.25, 0.3) is 0 Å². The number of carbonyl (C=O) groups excluding carboxylic acids is 2. The lowest BCUT2D eigenvalue weighted by Crippen LogP contribution is -2.28. The van der Waals surface area contributed by atoms with Crippen LogP contribution >= 0.6 is 11.6 Å². The molecule has 1 aromatic heterocycles. The maximum absolute atomic E-state index is 12.0. The second-order valence-corrected chi connectivity index (χ2v) is 5.53. The van der Waals surface area contributed by atoms with Gasteiger partial charge in [0, 0.05) is 18.3 Å². The Morgan fingerprint density at radius 2 is 2.00 bits per heavy atom. The first-order valence-corrected chi connectivity index (χ1v) is 8.00. The van der Waals surface area contributed by atoms with E-state index in [1.165, 1.54) is 0 Å². The van der Waals surface area contributed by atoms with Crippen LogP contribution in [-0.2, 0) is 11.3 Å². The van der Waals surface area contributed by atoms with Crippen molar-refractivity contribution in [3.8, 4) is 0 Å². The molecule has 0 aliphatic carbocycles. The summed E-state index contributed by atoms with van der Waals surface area (Å²) in [5, 5.41) is 8.51. The molecule has 0 saturated heterocycles. The fourth-order valence-corrected chi connectivity index (χ4v) is 2.15. The molecule has 0 aliphatic rings. The Hall–Kier alpha value is -2.60. The van der Waals surface area contributed by atoms with Gasteiger partial charge in [-0.25, -0.2) is 4.79 Å². The molecule has 0 saturated carbocycles. The predicted molar refractivity (Wildman–Crippen MR) is 95.1 cm³/mol. The van der Waals surface area contributed by atoms with Crippen molar-refractivity contribution in [2.24, 2.45) is 0 Å². The highest BCUT2D eigenvalue weighted by atomic mass is 35.5. The molecule has 2 aromatic rings. The third-order valence-corrected chi connectivity index (χ3v) is 3.46. The number of benzene rings is 1. The zero-order valence-corrected chi connectivity index (χ0v) is 14.1. The van der Waals surface area contributed by atoms with Crippen LogP contribution in [0.2, 0.25) is 5.02 Å². The third kappa shape index (κ3) is 5.55. The van der Waals surface area contributed by atoms with Gasteiger partial charge in [0.2, 0.25) is 5.91 Å². The molecule has 0 bridgehead atoms. The Kier molecular flexibility index (Phi) is 6.57. The number of anilines is 2. The van der Waals surface area contributed by atoms with Crippen LogP contribution in [0.25, 0.3) is 0 Å². The van der Waals surface area contributed by atoms with Crippen molar-refractivity contribution in [3.05, 3.63) is 53.3 Å². The van der Waals surface area contributed by atoms with Crippen LogP contribution in [0.4, 0.5) is 16.2 Å². The Bertz CT molecular complexity index is 707. The number of amides is 3. The van der Waals surface area contributed by atoms with Gasteiger partial charge in [-0.2, -0.15) is 0 Å². The molecule has 2 rings (SSSR count). The lowest BCUT2D eigenvalue weighted by molar-refractivity contribution is -0.116. The van der Waals surface area contributed by atoms with Crippen molar-refractivity contribution in [2.75, 3.05) is 10.6 Å². The molecule has 0 fully saturated rings. The molecule has 0 radical (unpaired) electrons. The Morgan fingerprint density at radius 1 is 1.17 bits per heavy atom. The van der Waals surface area contributed by atoms with Gasteiger partial charge in [0.15, 0.2) is 0 Å². The highest BCUT2D eigenvalue weighted by molar-refractivity contribution is 6.33. The van der Waals surface area contributed by atoms with Crippen LogP contribution in [0.15, 0.2) is 42.6 Å². The van der Waals surface area contributed by atoms with Crippen LogP contribution in [0, 0.1) is 0 Å². The molecule has 3 amide bonds. The number of nitrogens with zero attached hydrogens (tertiary/aromatic N) is 1. The molecular weight excluding hydrogens is 328 g/mol. The molecule has 24 heavy (non-hydrogen) atoms. The minimum absolute atomic E-state index is 0.0784. The van der Waals surface area contributed by atoms with E-state index in [0.29, 0.717) is 29.4 Å².